The molecule has 2 rings (SSSR count). The van der Waals surface area contributed by atoms with Crippen LogP contribution in [-0.2, 0) is 6.42 Å². The summed E-state index contributed by atoms with van der Waals surface area (Å²) in [5.41, 5.74) is 7.54. The van der Waals surface area contributed by atoms with Crippen LogP contribution in [0.1, 0.15) is 26.1 Å². The Labute approximate surface area is 101 Å². The zero-order valence-corrected chi connectivity index (χ0v) is 10.4. The molecule has 0 bridgehead atoms. The van der Waals surface area contributed by atoms with E-state index in [4.69, 9.17) is 10.5 Å². The average Bonchev–Trinajstić information content (AvgIpc) is 2.71. The van der Waals surface area contributed by atoms with Crippen LogP contribution in [0.5, 0.6) is 5.75 Å². The van der Waals surface area contributed by atoms with Crippen LogP contribution in [0.25, 0.3) is 11.0 Å². The molecule has 1 aromatic carbocycles. The number of imidazole rings is 1. The van der Waals surface area contributed by atoms with Crippen LogP contribution >= 0.6 is 0 Å². The van der Waals surface area contributed by atoms with Gasteiger partial charge in [0.1, 0.15) is 17.7 Å². The highest BCUT2D eigenvalue weighted by Crippen LogP contribution is 2.20. The summed E-state index contributed by atoms with van der Waals surface area (Å²) in [6.07, 6.45) is 2.10. The van der Waals surface area contributed by atoms with Gasteiger partial charge in [-0.05, 0) is 25.5 Å². The lowest BCUT2D eigenvalue weighted by Gasteiger charge is -2.11. The van der Waals surface area contributed by atoms with Crippen molar-refractivity contribution in [1.29, 1.82) is 0 Å². The summed E-state index contributed by atoms with van der Waals surface area (Å²) >= 11 is 0. The standard InChI is InChI=1S/C13H19N3O/c1-3-4-13-15-11-6-5-10(7-12(11)16-13)17-9(2)8-14/h5-7,9H,3-4,8,14H2,1-2H3,(H,15,16). The molecule has 0 fully saturated rings. The smallest absolute Gasteiger partial charge is 0.122 e. The summed E-state index contributed by atoms with van der Waals surface area (Å²) in [6, 6.07) is 5.89. The van der Waals surface area contributed by atoms with Crippen molar-refractivity contribution in [2.75, 3.05) is 6.54 Å². The first-order valence-corrected chi connectivity index (χ1v) is 6.08. The van der Waals surface area contributed by atoms with Gasteiger partial charge in [-0.1, -0.05) is 6.92 Å². The van der Waals surface area contributed by atoms with E-state index in [0.29, 0.717) is 6.54 Å². The van der Waals surface area contributed by atoms with E-state index in [1.54, 1.807) is 0 Å². The number of ether oxygens (including phenoxy) is 1. The predicted molar refractivity (Wildman–Crippen MR) is 69.2 cm³/mol. The van der Waals surface area contributed by atoms with Gasteiger partial charge in [-0.3, -0.25) is 0 Å². The van der Waals surface area contributed by atoms with Gasteiger partial charge in [-0.25, -0.2) is 4.98 Å². The third kappa shape index (κ3) is 2.77. The molecule has 4 nitrogen and oxygen atoms in total. The first-order valence-electron chi connectivity index (χ1n) is 6.08. The van der Waals surface area contributed by atoms with Crippen LogP contribution in [0.15, 0.2) is 18.2 Å². The molecule has 1 atom stereocenters. The molecule has 0 radical (unpaired) electrons. The Morgan fingerprint density at radius 1 is 1.47 bits per heavy atom. The van der Waals surface area contributed by atoms with Crippen molar-refractivity contribution in [3.05, 3.63) is 24.0 Å². The van der Waals surface area contributed by atoms with E-state index in [0.717, 1.165) is 35.4 Å². The van der Waals surface area contributed by atoms with Crippen molar-refractivity contribution in [3.8, 4) is 5.75 Å². The third-order valence-electron chi connectivity index (χ3n) is 2.66. The molecule has 0 amide bonds. The second kappa shape index (κ2) is 5.19. The number of H-pyrrole nitrogens is 1. The van der Waals surface area contributed by atoms with Crippen LogP contribution in [0.4, 0.5) is 0 Å². The Balaban J connectivity index is 2.23. The number of fused-ring (bicyclic) bond motifs is 1. The van der Waals surface area contributed by atoms with E-state index in [9.17, 15) is 0 Å². The van der Waals surface area contributed by atoms with Gasteiger partial charge < -0.3 is 15.5 Å². The molecule has 2 aromatic rings. The Bertz CT molecular complexity index is 492. The number of nitrogens with two attached hydrogens (primary N) is 1. The number of benzene rings is 1. The average molecular weight is 233 g/mol. The predicted octanol–water partition coefficient (Wildman–Crippen LogP) is 2.24. The molecule has 4 heteroatoms. The fourth-order valence-electron chi connectivity index (χ4n) is 1.75. The maximum Gasteiger partial charge on any atom is 0.122 e. The molecular formula is C13H19N3O. The largest absolute Gasteiger partial charge is 0.489 e. The van der Waals surface area contributed by atoms with Gasteiger partial charge >= 0.3 is 0 Å². The number of aromatic nitrogens is 2. The van der Waals surface area contributed by atoms with E-state index >= 15 is 0 Å². The molecule has 17 heavy (non-hydrogen) atoms. The second-order valence-electron chi connectivity index (χ2n) is 4.28. The van der Waals surface area contributed by atoms with E-state index in [1.165, 1.54) is 0 Å². The molecule has 92 valence electrons. The Hall–Kier alpha value is -1.55. The van der Waals surface area contributed by atoms with Gasteiger partial charge in [0.05, 0.1) is 11.0 Å². The first-order chi connectivity index (χ1) is 8.22. The summed E-state index contributed by atoms with van der Waals surface area (Å²) in [7, 11) is 0. The van der Waals surface area contributed by atoms with Gasteiger partial charge in [0, 0.05) is 19.0 Å². The molecule has 0 aliphatic carbocycles. The molecule has 0 spiro atoms. The minimum absolute atomic E-state index is 0.0329. The maximum atomic E-state index is 5.67. The Morgan fingerprint density at radius 3 is 3.00 bits per heavy atom. The van der Waals surface area contributed by atoms with Crippen LogP contribution in [0.3, 0.4) is 0 Å². The van der Waals surface area contributed by atoms with Crippen molar-refractivity contribution in [3.63, 3.8) is 0 Å². The van der Waals surface area contributed by atoms with Crippen LogP contribution < -0.4 is 10.5 Å². The van der Waals surface area contributed by atoms with Crippen LogP contribution in [-0.4, -0.2) is 22.6 Å². The van der Waals surface area contributed by atoms with E-state index < -0.39 is 0 Å². The molecular weight excluding hydrogens is 214 g/mol. The molecule has 0 saturated carbocycles. The summed E-state index contributed by atoms with van der Waals surface area (Å²) in [5.74, 6) is 1.87. The van der Waals surface area contributed by atoms with Gasteiger partial charge in [0.25, 0.3) is 0 Å². The van der Waals surface area contributed by atoms with Crippen LogP contribution in [0, 0.1) is 0 Å². The fraction of sp³-hybridized carbons (Fsp3) is 0.462. The first kappa shape index (κ1) is 11.9. The van der Waals surface area contributed by atoms with Crippen molar-refractivity contribution in [1.82, 2.24) is 9.97 Å². The minimum atomic E-state index is 0.0329. The number of aryl methyl sites for hydroxylation is 1. The maximum absolute atomic E-state index is 5.67. The number of rotatable bonds is 5. The Kier molecular flexibility index (Phi) is 3.64. The number of aromatic amines is 1. The summed E-state index contributed by atoms with van der Waals surface area (Å²) in [4.78, 5) is 7.81. The molecule has 1 unspecified atom stereocenters. The van der Waals surface area contributed by atoms with E-state index in [1.807, 2.05) is 25.1 Å². The van der Waals surface area contributed by atoms with Gasteiger partial charge in [0.15, 0.2) is 0 Å². The Morgan fingerprint density at radius 2 is 2.29 bits per heavy atom. The van der Waals surface area contributed by atoms with E-state index in [-0.39, 0.29) is 6.10 Å². The lowest BCUT2D eigenvalue weighted by atomic mass is 10.3. The highest BCUT2D eigenvalue weighted by atomic mass is 16.5. The van der Waals surface area contributed by atoms with Crippen molar-refractivity contribution >= 4 is 11.0 Å². The van der Waals surface area contributed by atoms with E-state index in [2.05, 4.69) is 16.9 Å². The topological polar surface area (TPSA) is 63.9 Å². The third-order valence-corrected chi connectivity index (χ3v) is 2.66. The monoisotopic (exact) mass is 233 g/mol. The lowest BCUT2D eigenvalue weighted by Crippen LogP contribution is -2.22. The van der Waals surface area contributed by atoms with Crippen LogP contribution in [0.2, 0.25) is 0 Å². The molecule has 0 saturated heterocycles. The van der Waals surface area contributed by atoms with Crippen molar-refractivity contribution < 1.29 is 4.74 Å². The quantitative estimate of drug-likeness (QED) is 0.832. The number of nitrogens with zero attached hydrogens (tertiary/aromatic N) is 1. The number of nitrogens with one attached hydrogen (secondary N) is 1. The molecule has 1 heterocycles. The van der Waals surface area contributed by atoms with Gasteiger partial charge in [-0.15, -0.1) is 0 Å². The zero-order chi connectivity index (χ0) is 12.3. The summed E-state index contributed by atoms with van der Waals surface area (Å²) in [6.45, 7) is 4.62. The second-order valence-corrected chi connectivity index (χ2v) is 4.28. The zero-order valence-electron chi connectivity index (χ0n) is 10.4. The summed E-state index contributed by atoms with van der Waals surface area (Å²) < 4.78 is 5.67. The molecule has 1 aromatic heterocycles. The molecule has 3 N–H and O–H groups in total. The lowest BCUT2D eigenvalue weighted by molar-refractivity contribution is 0.230. The molecule has 0 aliphatic heterocycles. The SMILES string of the molecule is CCCc1nc2ccc(OC(C)CN)cc2[nH]1. The normalized spacial score (nSPS) is 12.9. The van der Waals surface area contributed by atoms with Crippen molar-refractivity contribution in [2.45, 2.75) is 32.8 Å². The van der Waals surface area contributed by atoms with Gasteiger partial charge in [-0.2, -0.15) is 0 Å². The highest BCUT2D eigenvalue weighted by Gasteiger charge is 2.05. The number of hydrogen-bond donors (Lipinski definition) is 2. The highest BCUT2D eigenvalue weighted by molar-refractivity contribution is 5.76. The van der Waals surface area contributed by atoms with Crippen molar-refractivity contribution in [2.24, 2.45) is 5.73 Å². The minimum Gasteiger partial charge on any atom is -0.489 e. The summed E-state index contributed by atoms with van der Waals surface area (Å²) in [5, 5.41) is 0. The fourth-order valence-corrected chi connectivity index (χ4v) is 1.75. The molecule has 0 aliphatic rings. The number of hydrogen-bond acceptors (Lipinski definition) is 3. The van der Waals surface area contributed by atoms with Gasteiger partial charge in [0.2, 0.25) is 0 Å².